The summed E-state index contributed by atoms with van der Waals surface area (Å²) >= 11 is 5.64. The molecule has 0 unspecified atom stereocenters. The molecule has 1 atom stereocenters. The zero-order valence-electron chi connectivity index (χ0n) is 17.2. The van der Waals surface area contributed by atoms with Crippen molar-refractivity contribution in [2.45, 2.75) is 25.7 Å². The van der Waals surface area contributed by atoms with Crippen LogP contribution in [0.1, 0.15) is 18.1 Å². The van der Waals surface area contributed by atoms with Crippen LogP contribution in [0.3, 0.4) is 0 Å². The van der Waals surface area contributed by atoms with Crippen molar-refractivity contribution in [3.8, 4) is 0 Å². The molecule has 0 bridgehead atoms. The molecule has 0 aliphatic rings. The van der Waals surface area contributed by atoms with E-state index in [4.69, 9.17) is 11.6 Å². The van der Waals surface area contributed by atoms with Crippen LogP contribution in [0.25, 0.3) is 10.8 Å². The Morgan fingerprint density at radius 3 is 2.41 bits per heavy atom. The number of halogens is 4. The maximum Gasteiger partial charge on any atom is 0.417 e. The molecule has 32 heavy (non-hydrogen) atoms. The summed E-state index contributed by atoms with van der Waals surface area (Å²) in [5.41, 5.74) is -0.675. The second-order valence-electron chi connectivity index (χ2n) is 7.25. The first-order valence-corrected chi connectivity index (χ1v) is 11.7. The van der Waals surface area contributed by atoms with Gasteiger partial charge in [0.25, 0.3) is 0 Å². The highest BCUT2D eigenvalue weighted by atomic mass is 35.5. The Morgan fingerprint density at radius 1 is 1.09 bits per heavy atom. The van der Waals surface area contributed by atoms with E-state index in [0.29, 0.717) is 10.4 Å². The van der Waals surface area contributed by atoms with Crippen molar-refractivity contribution in [3.63, 3.8) is 0 Å². The zero-order chi connectivity index (χ0) is 23.7. The molecule has 3 rings (SSSR count). The third-order valence-electron chi connectivity index (χ3n) is 4.93. The lowest BCUT2D eigenvalue weighted by atomic mass is 10.0. The lowest BCUT2D eigenvalue weighted by Crippen LogP contribution is -2.47. The molecule has 5 nitrogen and oxygen atoms in total. The van der Waals surface area contributed by atoms with E-state index in [-0.39, 0.29) is 12.2 Å². The largest absolute Gasteiger partial charge is 0.417 e. The molecule has 0 aliphatic heterocycles. The third kappa shape index (κ3) is 5.16. The van der Waals surface area contributed by atoms with Crippen LogP contribution in [-0.2, 0) is 27.5 Å². The quantitative estimate of drug-likeness (QED) is 0.536. The van der Waals surface area contributed by atoms with Crippen LogP contribution in [-0.4, -0.2) is 26.6 Å². The molecule has 170 valence electrons. The van der Waals surface area contributed by atoms with E-state index in [1.165, 1.54) is 6.92 Å². The fraction of sp³-hybridized carbons (Fsp3) is 0.227. The highest BCUT2D eigenvalue weighted by Gasteiger charge is 2.36. The van der Waals surface area contributed by atoms with Crippen molar-refractivity contribution < 1.29 is 26.4 Å². The second-order valence-corrected chi connectivity index (χ2v) is 9.52. The van der Waals surface area contributed by atoms with Gasteiger partial charge in [-0.3, -0.25) is 9.10 Å². The molecule has 1 amide bonds. The van der Waals surface area contributed by atoms with Crippen molar-refractivity contribution in [2.75, 3.05) is 10.6 Å². The standard InChI is InChI=1S/C22H20ClF3N2O3S/c1-14(21(29)27-13-16-8-5-7-15-6-3-4-9-18(15)16)28(32(2,30)31)17-10-11-20(23)19(12-17)22(24,25)26/h3-12,14H,13H2,1-2H3,(H,27,29)/t14-/m1/s1. The number of sulfonamides is 1. The van der Waals surface area contributed by atoms with Gasteiger partial charge in [0, 0.05) is 6.54 Å². The summed E-state index contributed by atoms with van der Waals surface area (Å²) in [6.07, 6.45) is -3.96. The number of rotatable bonds is 6. The molecule has 0 spiro atoms. The Hall–Kier alpha value is -2.78. The number of anilines is 1. The van der Waals surface area contributed by atoms with E-state index in [0.717, 1.165) is 34.7 Å². The summed E-state index contributed by atoms with van der Waals surface area (Å²) in [6, 6.07) is 14.6. The summed E-state index contributed by atoms with van der Waals surface area (Å²) in [6.45, 7) is 1.43. The molecule has 3 aromatic carbocycles. The summed E-state index contributed by atoms with van der Waals surface area (Å²) in [7, 11) is -4.09. The molecule has 0 radical (unpaired) electrons. The summed E-state index contributed by atoms with van der Waals surface area (Å²) < 4.78 is 65.2. The average Bonchev–Trinajstić information content (AvgIpc) is 2.71. The van der Waals surface area contributed by atoms with Crippen LogP contribution >= 0.6 is 11.6 Å². The Kier molecular flexibility index (Phi) is 6.71. The minimum absolute atomic E-state index is 0.122. The van der Waals surface area contributed by atoms with Crippen LogP contribution in [0, 0.1) is 0 Å². The molecular weight excluding hydrogens is 465 g/mol. The van der Waals surface area contributed by atoms with Crippen LogP contribution in [0.5, 0.6) is 0 Å². The lowest BCUT2D eigenvalue weighted by Gasteiger charge is -2.29. The van der Waals surface area contributed by atoms with Crippen LogP contribution in [0.4, 0.5) is 18.9 Å². The number of fused-ring (bicyclic) bond motifs is 1. The van der Waals surface area contributed by atoms with Crippen LogP contribution < -0.4 is 9.62 Å². The smallest absolute Gasteiger partial charge is 0.350 e. The summed E-state index contributed by atoms with van der Waals surface area (Å²) in [5.74, 6) is -0.660. The Balaban J connectivity index is 1.88. The zero-order valence-corrected chi connectivity index (χ0v) is 18.7. The van der Waals surface area contributed by atoms with Crippen LogP contribution in [0.2, 0.25) is 5.02 Å². The number of alkyl halides is 3. The van der Waals surface area contributed by atoms with Crippen LogP contribution in [0.15, 0.2) is 60.7 Å². The number of carbonyl (C=O) groups is 1. The number of hydrogen-bond acceptors (Lipinski definition) is 3. The summed E-state index contributed by atoms with van der Waals surface area (Å²) in [5, 5.41) is 4.01. The normalized spacial score (nSPS) is 13.1. The molecule has 1 N–H and O–H groups in total. The first kappa shape index (κ1) is 23.9. The van der Waals surface area contributed by atoms with E-state index in [2.05, 4.69) is 5.32 Å². The minimum atomic E-state index is -4.78. The molecule has 0 saturated heterocycles. The van der Waals surface area contributed by atoms with Gasteiger partial charge in [0.1, 0.15) is 6.04 Å². The van der Waals surface area contributed by atoms with Crippen molar-refractivity contribution >= 4 is 44.0 Å². The lowest BCUT2D eigenvalue weighted by molar-refractivity contribution is -0.137. The molecule has 0 heterocycles. The maximum absolute atomic E-state index is 13.3. The van der Waals surface area contributed by atoms with Crippen molar-refractivity contribution in [2.24, 2.45) is 0 Å². The van der Waals surface area contributed by atoms with Crippen molar-refractivity contribution in [1.29, 1.82) is 0 Å². The van der Waals surface area contributed by atoms with Gasteiger partial charge in [-0.2, -0.15) is 13.2 Å². The highest BCUT2D eigenvalue weighted by Crippen LogP contribution is 2.37. The number of benzene rings is 3. The number of nitrogens with one attached hydrogen (secondary N) is 1. The van der Waals surface area contributed by atoms with Gasteiger partial charge in [-0.1, -0.05) is 54.1 Å². The predicted octanol–water partition coefficient (Wildman–Crippen LogP) is 4.98. The number of carbonyl (C=O) groups excluding carboxylic acids is 1. The van der Waals surface area contributed by atoms with Gasteiger partial charge >= 0.3 is 6.18 Å². The molecule has 0 aliphatic carbocycles. The molecule has 0 fully saturated rings. The monoisotopic (exact) mass is 484 g/mol. The first-order valence-electron chi connectivity index (χ1n) is 9.50. The maximum atomic E-state index is 13.3. The second kappa shape index (κ2) is 8.99. The number of nitrogens with zero attached hydrogens (tertiary/aromatic N) is 1. The van der Waals surface area contributed by atoms with E-state index in [1.54, 1.807) is 0 Å². The van der Waals surface area contributed by atoms with Gasteiger partial charge in [0.15, 0.2) is 0 Å². The van der Waals surface area contributed by atoms with Gasteiger partial charge in [0.2, 0.25) is 15.9 Å². The number of amides is 1. The molecular formula is C22H20ClF3N2O3S. The fourth-order valence-electron chi connectivity index (χ4n) is 3.45. The van der Waals surface area contributed by atoms with Gasteiger partial charge in [-0.15, -0.1) is 0 Å². The first-order chi connectivity index (χ1) is 14.9. The summed E-state index contributed by atoms with van der Waals surface area (Å²) in [4.78, 5) is 12.8. The predicted molar refractivity (Wildman–Crippen MR) is 119 cm³/mol. The number of hydrogen-bond donors (Lipinski definition) is 1. The Bertz CT molecular complexity index is 1260. The van der Waals surface area contributed by atoms with E-state index < -0.39 is 38.7 Å². The van der Waals surface area contributed by atoms with Gasteiger partial charge < -0.3 is 5.32 Å². The SMILES string of the molecule is C[C@H](C(=O)NCc1cccc2ccccc12)N(c1ccc(Cl)c(C(F)(F)F)c1)S(C)(=O)=O. The Labute approximate surface area is 188 Å². The fourth-order valence-corrected chi connectivity index (χ4v) is 4.84. The van der Waals surface area contributed by atoms with E-state index >= 15 is 0 Å². The van der Waals surface area contributed by atoms with E-state index in [9.17, 15) is 26.4 Å². The third-order valence-corrected chi connectivity index (χ3v) is 6.50. The highest BCUT2D eigenvalue weighted by molar-refractivity contribution is 7.92. The topological polar surface area (TPSA) is 66.5 Å². The van der Waals surface area contributed by atoms with E-state index in [1.807, 2.05) is 42.5 Å². The van der Waals surface area contributed by atoms with Crippen molar-refractivity contribution in [3.05, 3.63) is 76.8 Å². The average molecular weight is 485 g/mol. The Morgan fingerprint density at radius 2 is 1.75 bits per heavy atom. The molecule has 3 aromatic rings. The van der Waals surface area contributed by atoms with Gasteiger partial charge in [0.05, 0.1) is 22.5 Å². The minimum Gasteiger partial charge on any atom is -0.350 e. The van der Waals surface area contributed by atoms with Crippen molar-refractivity contribution in [1.82, 2.24) is 5.32 Å². The van der Waals surface area contributed by atoms with Gasteiger partial charge in [-0.05, 0) is 41.5 Å². The molecule has 10 heteroatoms. The molecule has 0 saturated carbocycles. The van der Waals surface area contributed by atoms with Gasteiger partial charge in [-0.25, -0.2) is 8.42 Å². The molecule has 0 aromatic heterocycles.